The van der Waals surface area contributed by atoms with Gasteiger partial charge < -0.3 is 14.4 Å². The zero-order valence-corrected chi connectivity index (χ0v) is 15.3. The summed E-state index contributed by atoms with van der Waals surface area (Å²) in [6, 6.07) is 0. The molecule has 138 valence electrons. The summed E-state index contributed by atoms with van der Waals surface area (Å²) in [7, 11) is 0. The lowest BCUT2D eigenvalue weighted by Crippen LogP contribution is -2.25. The summed E-state index contributed by atoms with van der Waals surface area (Å²) in [5.41, 5.74) is 0.998. The van der Waals surface area contributed by atoms with E-state index in [4.69, 9.17) is 14.4 Å². The van der Waals surface area contributed by atoms with Crippen molar-refractivity contribution in [1.82, 2.24) is 35.2 Å². The minimum absolute atomic E-state index is 0.239. The van der Waals surface area contributed by atoms with Gasteiger partial charge in [-0.25, -0.2) is 14.6 Å². The van der Waals surface area contributed by atoms with E-state index in [1.165, 1.54) is 0 Å². The number of aryl methyl sites for hydroxylation is 1. The van der Waals surface area contributed by atoms with Gasteiger partial charge in [-0.05, 0) is 6.42 Å². The van der Waals surface area contributed by atoms with Crippen LogP contribution in [0.5, 0.6) is 0 Å². The number of rotatable bonds is 3. The fourth-order valence-electron chi connectivity index (χ4n) is 2.97. The molecule has 4 heterocycles. The van der Waals surface area contributed by atoms with E-state index in [0.29, 0.717) is 54.1 Å². The van der Waals surface area contributed by atoms with Crippen LogP contribution < -0.4 is 4.90 Å². The molecule has 1 saturated heterocycles. The van der Waals surface area contributed by atoms with Crippen molar-refractivity contribution in [2.45, 2.75) is 52.2 Å². The highest BCUT2D eigenvalue weighted by Crippen LogP contribution is 2.29. The minimum Gasteiger partial charge on any atom is -0.424 e. The Morgan fingerprint density at radius 3 is 2.62 bits per heavy atom. The Hall–Kier alpha value is -2.62. The number of nitrogens with zero attached hydrogens (tertiary/aromatic N) is 8. The van der Waals surface area contributed by atoms with E-state index in [9.17, 15) is 5.11 Å². The maximum atomic E-state index is 9.91. The van der Waals surface area contributed by atoms with Crippen molar-refractivity contribution in [2.75, 3.05) is 18.0 Å². The van der Waals surface area contributed by atoms with Gasteiger partial charge in [-0.1, -0.05) is 26.0 Å². The van der Waals surface area contributed by atoms with Crippen LogP contribution in [0.2, 0.25) is 0 Å². The van der Waals surface area contributed by atoms with Crippen LogP contribution in [0.25, 0.3) is 11.2 Å². The van der Waals surface area contributed by atoms with Crippen LogP contribution in [0, 0.1) is 6.92 Å². The number of fused-ring (bicyclic) bond motifs is 1. The lowest BCUT2D eigenvalue weighted by atomic mass is 9.96. The molecule has 1 aliphatic rings. The van der Waals surface area contributed by atoms with Crippen LogP contribution in [0.1, 0.15) is 44.8 Å². The van der Waals surface area contributed by atoms with E-state index in [1.54, 1.807) is 11.6 Å². The Bertz CT molecular complexity index is 942. The van der Waals surface area contributed by atoms with Gasteiger partial charge >= 0.3 is 0 Å². The maximum Gasteiger partial charge on any atom is 0.238 e. The zero-order valence-electron chi connectivity index (χ0n) is 15.3. The molecule has 1 fully saturated rings. The molecule has 1 N–H and O–H groups in total. The number of hydrogen-bond acceptors (Lipinski definition) is 9. The van der Waals surface area contributed by atoms with Gasteiger partial charge in [-0.15, -0.1) is 15.3 Å². The van der Waals surface area contributed by atoms with Gasteiger partial charge in [0.1, 0.15) is 12.4 Å². The number of aromatic nitrogens is 7. The fourth-order valence-corrected chi connectivity index (χ4v) is 2.97. The lowest BCUT2D eigenvalue weighted by molar-refractivity contribution is 0.198. The van der Waals surface area contributed by atoms with Crippen LogP contribution in [0.15, 0.2) is 4.42 Å². The molecule has 1 aliphatic heterocycles. The molecule has 0 saturated carbocycles. The first-order valence-electron chi connectivity index (χ1n) is 8.65. The first kappa shape index (κ1) is 16.8. The van der Waals surface area contributed by atoms with Crippen LogP contribution in [-0.4, -0.2) is 59.5 Å². The second kappa shape index (κ2) is 5.97. The molecule has 26 heavy (non-hydrogen) atoms. The van der Waals surface area contributed by atoms with Crippen molar-refractivity contribution in [1.29, 1.82) is 0 Å². The molecule has 0 radical (unpaired) electrons. The number of β-amino-alcohol motifs (C(OH)–C–C–N with tert-alkyl or cyclic N) is 1. The van der Waals surface area contributed by atoms with Gasteiger partial charge in [0.15, 0.2) is 17.0 Å². The van der Waals surface area contributed by atoms with Gasteiger partial charge in [0.2, 0.25) is 11.8 Å². The molecule has 0 spiro atoms. The predicted octanol–water partition coefficient (Wildman–Crippen LogP) is 0.830. The summed E-state index contributed by atoms with van der Waals surface area (Å²) in [6.07, 6.45) is 0.362. The molecular formula is C16H22N8O2. The summed E-state index contributed by atoms with van der Waals surface area (Å²) in [5, 5.41) is 26.3. The summed E-state index contributed by atoms with van der Waals surface area (Å²) in [4.78, 5) is 11.5. The van der Waals surface area contributed by atoms with E-state index in [1.807, 2.05) is 4.90 Å². The molecule has 0 bridgehead atoms. The second-order valence-corrected chi connectivity index (χ2v) is 7.64. The van der Waals surface area contributed by atoms with Crippen molar-refractivity contribution >= 4 is 17.0 Å². The topological polar surface area (TPSA) is 119 Å². The Kier molecular flexibility index (Phi) is 3.87. The minimum atomic E-state index is -0.352. The first-order chi connectivity index (χ1) is 12.3. The zero-order chi connectivity index (χ0) is 18.5. The summed E-state index contributed by atoms with van der Waals surface area (Å²) < 4.78 is 7.10. The third kappa shape index (κ3) is 3.00. The van der Waals surface area contributed by atoms with Crippen LogP contribution in [0.4, 0.5) is 5.82 Å². The lowest BCUT2D eigenvalue weighted by Gasteiger charge is -2.21. The maximum absolute atomic E-state index is 9.91. The molecule has 1 atom stereocenters. The smallest absolute Gasteiger partial charge is 0.238 e. The van der Waals surface area contributed by atoms with Crippen LogP contribution in [-0.2, 0) is 12.0 Å². The van der Waals surface area contributed by atoms with Crippen molar-refractivity contribution in [3.05, 3.63) is 17.6 Å². The molecule has 10 heteroatoms. The monoisotopic (exact) mass is 358 g/mol. The average Bonchev–Trinajstić information content (AvgIpc) is 3.27. The van der Waals surface area contributed by atoms with Gasteiger partial charge in [-0.2, -0.15) is 0 Å². The third-order valence-corrected chi connectivity index (χ3v) is 4.33. The standard InChI is InChI=1S/C16H22N8O2/c1-9-19-20-11(26-9)8-24-14-12(21-22-24)13(23-6-5-10(25)7-23)17-15(18-14)16(2,3)4/h10,25H,5-8H2,1-4H3/t10-/m0/s1. The Balaban J connectivity index is 1.82. The van der Waals surface area contributed by atoms with E-state index in [0.717, 1.165) is 6.54 Å². The Morgan fingerprint density at radius 2 is 2.00 bits per heavy atom. The second-order valence-electron chi connectivity index (χ2n) is 7.64. The van der Waals surface area contributed by atoms with E-state index >= 15 is 0 Å². The molecule has 3 aromatic rings. The van der Waals surface area contributed by atoms with E-state index < -0.39 is 0 Å². The van der Waals surface area contributed by atoms with Crippen LogP contribution >= 0.6 is 0 Å². The SMILES string of the molecule is Cc1nnc(Cn2nnc3c(N4CC[C@H](O)C4)nc(C(C)(C)C)nc32)o1. The molecule has 10 nitrogen and oxygen atoms in total. The number of aliphatic hydroxyl groups is 1. The van der Waals surface area contributed by atoms with Gasteiger partial charge in [0.05, 0.1) is 6.10 Å². The number of aliphatic hydroxyl groups excluding tert-OH is 1. The quantitative estimate of drug-likeness (QED) is 0.726. The first-order valence-corrected chi connectivity index (χ1v) is 8.65. The highest BCUT2D eigenvalue weighted by atomic mass is 16.4. The highest BCUT2D eigenvalue weighted by Gasteiger charge is 2.29. The van der Waals surface area contributed by atoms with Crippen molar-refractivity contribution in [3.8, 4) is 0 Å². The Morgan fingerprint density at radius 1 is 1.19 bits per heavy atom. The number of hydrogen-bond donors (Lipinski definition) is 1. The molecule has 0 unspecified atom stereocenters. The van der Waals surface area contributed by atoms with Gasteiger partial charge in [-0.3, -0.25) is 0 Å². The molecular weight excluding hydrogens is 336 g/mol. The van der Waals surface area contributed by atoms with E-state index in [-0.39, 0.29) is 11.5 Å². The highest BCUT2D eigenvalue weighted by molar-refractivity contribution is 5.83. The van der Waals surface area contributed by atoms with Crippen molar-refractivity contribution in [3.63, 3.8) is 0 Å². The molecule has 4 rings (SSSR count). The predicted molar refractivity (Wildman–Crippen MR) is 92.8 cm³/mol. The fraction of sp³-hybridized carbons (Fsp3) is 0.625. The summed E-state index contributed by atoms with van der Waals surface area (Å²) in [6.45, 7) is 9.48. The molecule has 3 aromatic heterocycles. The van der Waals surface area contributed by atoms with Crippen molar-refractivity contribution < 1.29 is 9.52 Å². The molecule has 0 aromatic carbocycles. The molecule has 0 aliphatic carbocycles. The summed E-state index contributed by atoms with van der Waals surface area (Å²) in [5.74, 6) is 2.36. The largest absolute Gasteiger partial charge is 0.424 e. The van der Waals surface area contributed by atoms with Crippen molar-refractivity contribution in [2.24, 2.45) is 0 Å². The molecule has 0 amide bonds. The van der Waals surface area contributed by atoms with E-state index in [2.05, 4.69) is 41.3 Å². The Labute approximate surface area is 150 Å². The average molecular weight is 358 g/mol. The normalized spacial score (nSPS) is 18.2. The summed E-state index contributed by atoms with van der Waals surface area (Å²) >= 11 is 0. The van der Waals surface area contributed by atoms with Gasteiger partial charge in [0, 0.05) is 25.4 Å². The van der Waals surface area contributed by atoms with Crippen LogP contribution in [0.3, 0.4) is 0 Å². The third-order valence-electron chi connectivity index (χ3n) is 4.33. The van der Waals surface area contributed by atoms with Gasteiger partial charge in [0.25, 0.3) is 0 Å². The number of anilines is 1.